The second kappa shape index (κ2) is 22.4. The van der Waals surface area contributed by atoms with Crippen molar-refractivity contribution in [3.63, 3.8) is 0 Å². The van der Waals surface area contributed by atoms with Crippen LogP contribution in [-0.2, 0) is 9.59 Å². The molecular weight excluding hydrogens is 542 g/mol. The van der Waals surface area contributed by atoms with Crippen LogP contribution in [0.1, 0.15) is 90.3 Å². The van der Waals surface area contributed by atoms with Crippen LogP contribution in [0.15, 0.2) is 36.4 Å². The van der Waals surface area contributed by atoms with E-state index in [4.69, 9.17) is 14.6 Å². The van der Waals surface area contributed by atoms with Crippen LogP contribution in [0, 0.1) is 19.8 Å². The summed E-state index contributed by atoms with van der Waals surface area (Å²) in [7, 11) is 0. The summed E-state index contributed by atoms with van der Waals surface area (Å²) in [5.74, 6) is 1.75. The number of benzene rings is 1. The zero-order valence-electron chi connectivity index (χ0n) is 27.3. The highest BCUT2D eigenvalue weighted by molar-refractivity contribution is 7.14. The molecule has 2 N–H and O–H groups in total. The van der Waals surface area contributed by atoms with Gasteiger partial charge in [0.05, 0.1) is 11.3 Å². The summed E-state index contributed by atoms with van der Waals surface area (Å²) in [5.41, 5.74) is 6.92. The van der Waals surface area contributed by atoms with Gasteiger partial charge in [-0.1, -0.05) is 77.2 Å². The number of aryl methyl sites for hydroxylation is 2. The largest absolute Gasteiger partial charge is 0.367 e. The van der Waals surface area contributed by atoms with Gasteiger partial charge in [0.1, 0.15) is 24.4 Å². The first-order valence-corrected chi connectivity index (χ1v) is 15.9. The molecule has 7 nitrogen and oxygen atoms in total. The van der Waals surface area contributed by atoms with Crippen LogP contribution in [0.25, 0.3) is 27.4 Å². The third-order valence-electron chi connectivity index (χ3n) is 6.75. The van der Waals surface area contributed by atoms with Crippen LogP contribution < -0.4 is 10.6 Å². The molecule has 4 rings (SSSR count). The Morgan fingerprint density at radius 1 is 1.00 bits per heavy atom. The number of carbonyl (C=O) groups excluding carboxylic acids is 2. The molecular formula is C34H53N5O2S. The molecule has 0 amide bonds. The van der Waals surface area contributed by atoms with Crippen molar-refractivity contribution in [2.24, 2.45) is 5.92 Å². The standard InChI is InChI=1S/C28H37N5S.2C2H6.2CH2O/c1-6-21(17-29-7-2)22-9-8-10-23(16-22)26-19(4)15-25(28-33-32-20(5)34-28)27(31-26)30-24-13-11-18(3)12-14-24;4*1-2/h6,8-10,15-16,18,24,29H,7,11-14,17H2,1-5H3,(H,30,31);2*1-2H3;2*1H2/b21-6+;;;;. The molecule has 42 heavy (non-hydrogen) atoms. The van der Waals surface area contributed by atoms with Crippen LogP contribution in [0.4, 0.5) is 5.82 Å². The lowest BCUT2D eigenvalue weighted by molar-refractivity contribution is -0.0987. The second-order valence-corrected chi connectivity index (χ2v) is 10.6. The molecule has 3 aromatic rings. The van der Waals surface area contributed by atoms with Crippen molar-refractivity contribution in [3.05, 3.63) is 52.5 Å². The van der Waals surface area contributed by atoms with Crippen molar-refractivity contribution >= 4 is 36.3 Å². The Bertz CT molecular complexity index is 1180. The first-order chi connectivity index (χ1) is 20.5. The number of hydrogen-bond donors (Lipinski definition) is 2. The fourth-order valence-corrected chi connectivity index (χ4v) is 5.39. The molecule has 232 valence electrons. The summed E-state index contributed by atoms with van der Waals surface area (Å²) in [5, 5.41) is 17.9. The Morgan fingerprint density at radius 2 is 1.64 bits per heavy atom. The lowest BCUT2D eigenvalue weighted by Gasteiger charge is -2.28. The van der Waals surface area contributed by atoms with E-state index in [-0.39, 0.29) is 0 Å². The molecule has 1 fully saturated rings. The summed E-state index contributed by atoms with van der Waals surface area (Å²) in [4.78, 5) is 21.2. The van der Waals surface area contributed by atoms with Crippen LogP contribution >= 0.6 is 11.3 Å². The smallest absolute Gasteiger partial charge is 0.151 e. The molecule has 2 heterocycles. The lowest BCUT2D eigenvalue weighted by atomic mass is 9.87. The molecule has 0 saturated heterocycles. The molecule has 0 spiro atoms. The Kier molecular flexibility index (Phi) is 20.7. The maximum atomic E-state index is 8.00. The Hall–Kier alpha value is -3.23. The summed E-state index contributed by atoms with van der Waals surface area (Å²) < 4.78 is 0. The number of allylic oxidation sites excluding steroid dienone is 1. The van der Waals surface area contributed by atoms with Gasteiger partial charge in [0.25, 0.3) is 0 Å². The quantitative estimate of drug-likeness (QED) is 0.269. The minimum atomic E-state index is 0.452. The van der Waals surface area contributed by atoms with Gasteiger partial charge in [0.15, 0.2) is 5.01 Å². The van der Waals surface area contributed by atoms with Crippen molar-refractivity contribution in [1.29, 1.82) is 0 Å². The summed E-state index contributed by atoms with van der Waals surface area (Å²) in [6.45, 7) is 24.6. The van der Waals surface area contributed by atoms with Crippen molar-refractivity contribution < 1.29 is 9.59 Å². The number of pyridine rings is 1. The normalized spacial score (nSPS) is 15.7. The zero-order chi connectivity index (χ0) is 32.1. The van der Waals surface area contributed by atoms with Crippen molar-refractivity contribution in [2.45, 2.75) is 94.0 Å². The van der Waals surface area contributed by atoms with E-state index in [2.05, 4.69) is 84.9 Å². The van der Waals surface area contributed by atoms with E-state index in [1.807, 2.05) is 48.2 Å². The first-order valence-electron chi connectivity index (χ1n) is 15.1. The highest BCUT2D eigenvalue weighted by atomic mass is 32.1. The Morgan fingerprint density at radius 3 is 2.19 bits per heavy atom. The van der Waals surface area contributed by atoms with Gasteiger partial charge in [-0.2, -0.15) is 0 Å². The topological polar surface area (TPSA) is 96.9 Å². The van der Waals surface area contributed by atoms with E-state index in [1.165, 1.54) is 36.8 Å². The number of likely N-dealkylation sites (N-methyl/N-ethyl adjacent to an activating group) is 1. The SMILES string of the molecule is C/C=C(\CNCC)c1cccc(-c2nc(NC3CCC(C)CC3)c(-c3nnc(C)s3)cc2C)c1.C=O.C=O.CC.CC. The van der Waals surface area contributed by atoms with Gasteiger partial charge in [0.2, 0.25) is 0 Å². The van der Waals surface area contributed by atoms with Crippen molar-refractivity contribution in [1.82, 2.24) is 20.5 Å². The highest BCUT2D eigenvalue weighted by Crippen LogP contribution is 2.36. The highest BCUT2D eigenvalue weighted by Gasteiger charge is 2.22. The van der Waals surface area contributed by atoms with Crippen LogP contribution in [0.3, 0.4) is 0 Å². The lowest BCUT2D eigenvalue weighted by Crippen LogP contribution is -2.26. The van der Waals surface area contributed by atoms with Crippen LogP contribution in [0.5, 0.6) is 0 Å². The number of nitrogens with zero attached hydrogens (tertiary/aromatic N) is 3. The minimum absolute atomic E-state index is 0.452. The number of rotatable bonds is 8. The third kappa shape index (κ3) is 11.6. The summed E-state index contributed by atoms with van der Waals surface area (Å²) >= 11 is 1.63. The number of hydrogen-bond acceptors (Lipinski definition) is 8. The van der Waals surface area contributed by atoms with Gasteiger partial charge in [-0.15, -0.1) is 10.2 Å². The van der Waals surface area contributed by atoms with E-state index >= 15 is 0 Å². The Balaban J connectivity index is 0.00000194. The molecule has 1 aliphatic rings. The average Bonchev–Trinajstić information content (AvgIpc) is 3.49. The molecule has 2 aromatic heterocycles. The van der Waals surface area contributed by atoms with Gasteiger partial charge in [-0.05, 0) is 87.7 Å². The van der Waals surface area contributed by atoms with Gasteiger partial charge < -0.3 is 20.2 Å². The fourth-order valence-electron chi connectivity index (χ4n) is 4.68. The molecule has 8 heteroatoms. The molecule has 0 bridgehead atoms. The van der Waals surface area contributed by atoms with E-state index in [0.29, 0.717) is 6.04 Å². The maximum absolute atomic E-state index is 8.00. The summed E-state index contributed by atoms with van der Waals surface area (Å²) in [6.07, 6.45) is 7.10. The first kappa shape index (κ1) is 38.8. The molecule has 0 atom stereocenters. The maximum Gasteiger partial charge on any atom is 0.151 e. The Labute approximate surface area is 258 Å². The van der Waals surface area contributed by atoms with E-state index in [9.17, 15) is 0 Å². The van der Waals surface area contributed by atoms with Crippen molar-refractivity contribution in [3.8, 4) is 21.8 Å². The monoisotopic (exact) mass is 595 g/mol. The van der Waals surface area contributed by atoms with Gasteiger partial charge in [0, 0.05) is 18.2 Å². The minimum Gasteiger partial charge on any atom is -0.367 e. The van der Waals surface area contributed by atoms with Crippen LogP contribution in [0.2, 0.25) is 0 Å². The molecule has 1 aromatic carbocycles. The van der Waals surface area contributed by atoms with Crippen molar-refractivity contribution in [2.75, 3.05) is 18.4 Å². The van der Waals surface area contributed by atoms with E-state index in [1.54, 1.807) is 11.3 Å². The number of anilines is 1. The summed E-state index contributed by atoms with van der Waals surface area (Å²) in [6, 6.07) is 11.4. The number of nitrogens with one attached hydrogen (secondary N) is 2. The molecule has 1 aliphatic carbocycles. The van der Waals surface area contributed by atoms with Crippen LogP contribution in [-0.4, -0.2) is 47.9 Å². The third-order valence-corrected chi connectivity index (χ3v) is 7.62. The molecule has 1 saturated carbocycles. The average molecular weight is 596 g/mol. The fraction of sp³-hybridized carbons (Fsp3) is 0.500. The van der Waals surface area contributed by atoms with E-state index < -0.39 is 0 Å². The molecule has 0 unspecified atom stereocenters. The van der Waals surface area contributed by atoms with Gasteiger partial charge in [-0.25, -0.2) is 4.98 Å². The molecule has 0 radical (unpaired) electrons. The predicted molar refractivity (Wildman–Crippen MR) is 182 cm³/mol. The number of aromatic nitrogens is 3. The molecule has 0 aliphatic heterocycles. The zero-order valence-corrected chi connectivity index (χ0v) is 28.2. The van der Waals surface area contributed by atoms with E-state index in [0.717, 1.165) is 57.2 Å². The predicted octanol–water partition coefficient (Wildman–Crippen LogP) is 8.57. The second-order valence-electron chi connectivity index (χ2n) is 9.45. The van der Waals surface area contributed by atoms with Gasteiger partial charge >= 0.3 is 0 Å². The number of carbonyl (C=O) groups is 2. The van der Waals surface area contributed by atoms with Gasteiger partial charge in [-0.3, -0.25) is 0 Å².